The summed E-state index contributed by atoms with van der Waals surface area (Å²) in [6, 6.07) is 18.9. The topological polar surface area (TPSA) is 41.4 Å². The lowest BCUT2D eigenvalue weighted by atomic mass is 10.1. The monoisotopic (exact) mass is 522 g/mol. The molecule has 0 spiro atoms. The van der Waals surface area contributed by atoms with E-state index in [9.17, 15) is 4.79 Å². The zero-order valence-electron chi connectivity index (χ0n) is 20.5. The van der Waals surface area contributed by atoms with Crippen LogP contribution >= 0.6 is 15.9 Å². The molecule has 180 valence electrons. The molecule has 5 nitrogen and oxygen atoms in total. The second-order valence-electron chi connectivity index (χ2n) is 9.45. The van der Waals surface area contributed by atoms with Gasteiger partial charge in [0.1, 0.15) is 5.82 Å². The number of aryl methyl sites for hydroxylation is 1. The molecule has 0 aliphatic heterocycles. The summed E-state index contributed by atoms with van der Waals surface area (Å²) in [7, 11) is 4.22. The third kappa shape index (κ3) is 5.85. The van der Waals surface area contributed by atoms with E-state index in [4.69, 9.17) is 4.98 Å². The molecule has 0 N–H and O–H groups in total. The minimum absolute atomic E-state index is 0.0610. The van der Waals surface area contributed by atoms with Crippen LogP contribution in [-0.2, 0) is 25.9 Å². The third-order valence-electron chi connectivity index (χ3n) is 6.66. The molecule has 1 atom stereocenters. The van der Waals surface area contributed by atoms with Crippen molar-refractivity contribution in [1.82, 2.24) is 19.4 Å². The Morgan fingerprint density at radius 2 is 1.74 bits per heavy atom. The van der Waals surface area contributed by atoms with Crippen LogP contribution in [0.5, 0.6) is 0 Å². The maximum atomic E-state index is 13.7. The van der Waals surface area contributed by atoms with E-state index in [-0.39, 0.29) is 11.6 Å². The van der Waals surface area contributed by atoms with Crippen molar-refractivity contribution in [2.75, 3.05) is 27.2 Å². The van der Waals surface area contributed by atoms with Gasteiger partial charge in [0.05, 0.1) is 18.3 Å². The first-order chi connectivity index (χ1) is 16.5. The van der Waals surface area contributed by atoms with Gasteiger partial charge in [0.2, 0.25) is 0 Å². The molecule has 0 amide bonds. The van der Waals surface area contributed by atoms with Gasteiger partial charge < -0.3 is 4.90 Å². The summed E-state index contributed by atoms with van der Waals surface area (Å²) in [5.74, 6) is 0.910. The van der Waals surface area contributed by atoms with Gasteiger partial charge in [-0.05, 0) is 63.0 Å². The maximum absolute atomic E-state index is 13.7. The maximum Gasteiger partial charge on any atom is 0.257 e. The molecular formula is C28H35BrN4O. The molecule has 4 rings (SSSR count). The lowest BCUT2D eigenvalue weighted by Gasteiger charge is -2.33. The standard InChI is InChI=1S/C28H35BrN4O/c1-4-26(32(18-17-31(2)3)19-22-13-15-23(29)16-14-22)27-30-25-12-8-11-24(25)28(34)33(27)20-21-9-6-5-7-10-21/h5-7,9-10,13-16,26H,4,8,11-12,17-20H2,1-3H3. The van der Waals surface area contributed by atoms with Crippen molar-refractivity contribution >= 4 is 15.9 Å². The van der Waals surface area contributed by atoms with Gasteiger partial charge >= 0.3 is 0 Å². The van der Waals surface area contributed by atoms with E-state index in [0.717, 1.165) is 72.4 Å². The van der Waals surface area contributed by atoms with Crippen LogP contribution in [0.25, 0.3) is 0 Å². The highest BCUT2D eigenvalue weighted by Crippen LogP contribution is 2.28. The fraction of sp³-hybridized carbons (Fsp3) is 0.429. The lowest BCUT2D eigenvalue weighted by Crippen LogP contribution is -2.39. The molecule has 6 heteroatoms. The summed E-state index contributed by atoms with van der Waals surface area (Å²) in [6.07, 6.45) is 3.66. The van der Waals surface area contributed by atoms with Gasteiger partial charge in [0.25, 0.3) is 5.56 Å². The fourth-order valence-electron chi connectivity index (χ4n) is 4.82. The first-order valence-electron chi connectivity index (χ1n) is 12.3. The highest BCUT2D eigenvalue weighted by Gasteiger charge is 2.28. The van der Waals surface area contributed by atoms with Gasteiger partial charge in [0, 0.05) is 29.7 Å². The molecule has 34 heavy (non-hydrogen) atoms. The zero-order chi connectivity index (χ0) is 24.1. The Morgan fingerprint density at radius 3 is 2.41 bits per heavy atom. The Balaban J connectivity index is 1.76. The molecule has 0 fully saturated rings. The van der Waals surface area contributed by atoms with Crippen LogP contribution in [0, 0.1) is 0 Å². The Morgan fingerprint density at radius 1 is 1.00 bits per heavy atom. The van der Waals surface area contributed by atoms with Gasteiger partial charge in [-0.25, -0.2) is 4.98 Å². The van der Waals surface area contributed by atoms with Crippen molar-refractivity contribution in [3.05, 3.63) is 97.6 Å². The summed E-state index contributed by atoms with van der Waals surface area (Å²) < 4.78 is 3.04. The van der Waals surface area contributed by atoms with Gasteiger partial charge in [0.15, 0.2) is 0 Å². The van der Waals surface area contributed by atoms with E-state index < -0.39 is 0 Å². The number of aromatic nitrogens is 2. The number of benzene rings is 2. The van der Waals surface area contributed by atoms with Crippen LogP contribution in [0.4, 0.5) is 0 Å². The van der Waals surface area contributed by atoms with E-state index in [0.29, 0.717) is 6.54 Å². The average molecular weight is 524 g/mol. The number of hydrogen-bond donors (Lipinski definition) is 0. The minimum atomic E-state index is 0.0610. The molecule has 1 heterocycles. The Hall–Kier alpha value is -2.28. The molecule has 0 saturated carbocycles. The molecule has 1 aromatic heterocycles. The largest absolute Gasteiger partial charge is 0.308 e. The van der Waals surface area contributed by atoms with Gasteiger partial charge in [-0.2, -0.15) is 0 Å². The number of nitrogens with zero attached hydrogens (tertiary/aromatic N) is 4. The minimum Gasteiger partial charge on any atom is -0.308 e. The Labute approximate surface area is 211 Å². The number of fused-ring (bicyclic) bond motifs is 1. The summed E-state index contributed by atoms with van der Waals surface area (Å²) in [4.78, 5) is 23.6. The van der Waals surface area contributed by atoms with Crippen LogP contribution in [0.1, 0.15) is 54.0 Å². The van der Waals surface area contributed by atoms with E-state index in [1.807, 2.05) is 22.8 Å². The van der Waals surface area contributed by atoms with E-state index in [1.165, 1.54) is 5.56 Å². The smallest absolute Gasteiger partial charge is 0.257 e. The van der Waals surface area contributed by atoms with Crippen LogP contribution < -0.4 is 5.56 Å². The number of rotatable bonds is 10. The molecule has 0 radical (unpaired) electrons. The number of likely N-dealkylation sites (N-methyl/N-ethyl adjacent to an activating group) is 1. The van der Waals surface area contributed by atoms with Crippen LogP contribution in [0.15, 0.2) is 63.9 Å². The van der Waals surface area contributed by atoms with Crippen molar-refractivity contribution < 1.29 is 0 Å². The van der Waals surface area contributed by atoms with Gasteiger partial charge in [-0.1, -0.05) is 65.3 Å². The Kier molecular flexibility index (Phi) is 8.35. The fourth-order valence-corrected chi connectivity index (χ4v) is 5.09. The van der Waals surface area contributed by atoms with E-state index in [2.05, 4.69) is 83.1 Å². The van der Waals surface area contributed by atoms with Gasteiger partial charge in [-0.3, -0.25) is 14.3 Å². The highest BCUT2D eigenvalue weighted by molar-refractivity contribution is 9.10. The van der Waals surface area contributed by atoms with Crippen molar-refractivity contribution in [3.63, 3.8) is 0 Å². The first kappa shape index (κ1) is 24.8. The quantitative estimate of drug-likeness (QED) is 0.373. The molecule has 1 aliphatic rings. The van der Waals surface area contributed by atoms with Crippen molar-refractivity contribution in [2.45, 2.75) is 51.7 Å². The lowest BCUT2D eigenvalue weighted by molar-refractivity contribution is 0.155. The number of hydrogen-bond acceptors (Lipinski definition) is 4. The van der Waals surface area contributed by atoms with Crippen LogP contribution in [0.2, 0.25) is 0 Å². The van der Waals surface area contributed by atoms with Crippen molar-refractivity contribution in [3.8, 4) is 0 Å². The predicted molar refractivity (Wildman–Crippen MR) is 142 cm³/mol. The predicted octanol–water partition coefficient (Wildman–Crippen LogP) is 5.06. The normalized spacial score (nSPS) is 14.1. The van der Waals surface area contributed by atoms with E-state index >= 15 is 0 Å². The highest BCUT2D eigenvalue weighted by atomic mass is 79.9. The molecule has 3 aromatic rings. The van der Waals surface area contributed by atoms with Gasteiger partial charge in [-0.15, -0.1) is 0 Å². The SMILES string of the molecule is CCC(c1nc2c(c(=O)n1Cc1ccccc1)CCC2)N(CCN(C)C)Cc1ccc(Br)cc1. The van der Waals surface area contributed by atoms with E-state index in [1.54, 1.807) is 0 Å². The third-order valence-corrected chi connectivity index (χ3v) is 7.19. The van der Waals surface area contributed by atoms with Crippen molar-refractivity contribution in [1.29, 1.82) is 0 Å². The van der Waals surface area contributed by atoms with Crippen LogP contribution in [-0.4, -0.2) is 46.5 Å². The molecule has 1 unspecified atom stereocenters. The molecule has 2 aromatic carbocycles. The second-order valence-corrected chi connectivity index (χ2v) is 10.4. The Bertz CT molecular complexity index is 1140. The zero-order valence-corrected chi connectivity index (χ0v) is 22.1. The average Bonchev–Trinajstić information content (AvgIpc) is 3.31. The van der Waals surface area contributed by atoms with Crippen molar-refractivity contribution in [2.24, 2.45) is 0 Å². The summed E-state index contributed by atoms with van der Waals surface area (Å²) in [5.41, 5.74) is 4.48. The second kappa shape index (κ2) is 11.4. The first-order valence-corrected chi connectivity index (χ1v) is 13.0. The molecular weight excluding hydrogens is 488 g/mol. The van der Waals surface area contributed by atoms with Crippen LogP contribution in [0.3, 0.4) is 0 Å². The molecule has 0 bridgehead atoms. The summed E-state index contributed by atoms with van der Waals surface area (Å²) in [5, 5.41) is 0. The summed E-state index contributed by atoms with van der Waals surface area (Å²) in [6.45, 7) is 5.44. The summed E-state index contributed by atoms with van der Waals surface area (Å²) >= 11 is 3.55. The molecule has 1 aliphatic carbocycles. The number of halogens is 1. The molecule has 0 saturated heterocycles.